The first kappa shape index (κ1) is 17.8. The van der Waals surface area contributed by atoms with Crippen molar-refractivity contribution >= 4 is 15.8 Å². The van der Waals surface area contributed by atoms with Gasteiger partial charge in [-0.1, -0.05) is 54.0 Å². The molecular formula is C16H28P2. The van der Waals surface area contributed by atoms with Crippen molar-refractivity contribution in [2.24, 2.45) is 0 Å². The van der Waals surface area contributed by atoms with Crippen LogP contribution in [0, 0.1) is 0 Å². The van der Waals surface area contributed by atoms with Crippen molar-refractivity contribution < 1.29 is 0 Å². The SMILES string of the molecule is C=CCP(CC=C)C(C)C(C)P(CC=C)CC=C. The molecule has 102 valence electrons. The average Bonchev–Trinajstić information content (AvgIpc) is 2.36. The van der Waals surface area contributed by atoms with Crippen molar-refractivity contribution in [2.75, 3.05) is 24.6 Å². The highest BCUT2D eigenvalue weighted by Gasteiger charge is 2.25. The van der Waals surface area contributed by atoms with Crippen molar-refractivity contribution in [3.8, 4) is 0 Å². The van der Waals surface area contributed by atoms with Gasteiger partial charge in [-0.2, -0.15) is 0 Å². The Bertz CT molecular complexity index is 222. The van der Waals surface area contributed by atoms with Gasteiger partial charge in [-0.05, 0) is 36.0 Å². The third-order valence-corrected chi connectivity index (χ3v) is 9.65. The summed E-state index contributed by atoms with van der Waals surface area (Å²) >= 11 is 0. The minimum atomic E-state index is -0.00389. The van der Waals surface area contributed by atoms with Crippen LogP contribution in [0.2, 0.25) is 0 Å². The molecule has 0 aliphatic rings. The Morgan fingerprint density at radius 1 is 0.667 bits per heavy atom. The first-order valence-corrected chi connectivity index (χ1v) is 10.1. The fourth-order valence-corrected chi connectivity index (χ4v) is 7.39. The van der Waals surface area contributed by atoms with E-state index in [1.807, 2.05) is 0 Å². The van der Waals surface area contributed by atoms with E-state index >= 15 is 0 Å². The Morgan fingerprint density at radius 2 is 0.889 bits per heavy atom. The third-order valence-electron chi connectivity index (χ3n) is 3.30. The highest BCUT2D eigenvalue weighted by Crippen LogP contribution is 2.53. The zero-order chi connectivity index (χ0) is 14.0. The molecule has 0 aromatic carbocycles. The number of allylic oxidation sites excluding steroid dienone is 4. The maximum absolute atomic E-state index is 3.90. The van der Waals surface area contributed by atoms with Crippen LogP contribution in [0.5, 0.6) is 0 Å². The minimum absolute atomic E-state index is 0.00389. The van der Waals surface area contributed by atoms with Gasteiger partial charge in [0.15, 0.2) is 0 Å². The second kappa shape index (κ2) is 10.7. The third kappa shape index (κ3) is 6.12. The summed E-state index contributed by atoms with van der Waals surface area (Å²) in [6.07, 6.45) is 12.9. The molecule has 0 aromatic rings. The first-order chi connectivity index (χ1) is 8.62. The molecular weight excluding hydrogens is 254 g/mol. The lowest BCUT2D eigenvalue weighted by molar-refractivity contribution is 0.895. The molecule has 0 aliphatic carbocycles. The molecule has 0 aromatic heterocycles. The van der Waals surface area contributed by atoms with Gasteiger partial charge in [0, 0.05) is 0 Å². The summed E-state index contributed by atoms with van der Waals surface area (Å²) in [6, 6.07) is 0. The number of rotatable bonds is 11. The Balaban J connectivity index is 4.70. The van der Waals surface area contributed by atoms with Crippen LogP contribution >= 0.6 is 15.8 Å². The highest BCUT2D eigenvalue weighted by molar-refractivity contribution is 7.63. The molecule has 0 nitrogen and oxygen atoms in total. The van der Waals surface area contributed by atoms with Crippen LogP contribution in [0.15, 0.2) is 50.6 Å². The predicted octanol–water partition coefficient (Wildman–Crippen LogP) is 5.47. The summed E-state index contributed by atoms with van der Waals surface area (Å²) in [4.78, 5) is 0. The zero-order valence-electron chi connectivity index (χ0n) is 12.0. The molecule has 2 atom stereocenters. The standard InChI is InChI=1S/C16H28P2/c1-7-11-17(12-8-2)15(5)16(6)18(13-9-3)14-10-4/h7-10,15-16H,1-4,11-14H2,5-6H3. The molecule has 18 heavy (non-hydrogen) atoms. The van der Waals surface area contributed by atoms with E-state index < -0.39 is 0 Å². The Labute approximate surface area is 116 Å². The largest absolute Gasteiger partial charge is 0.103 e. The molecule has 0 bridgehead atoms. The van der Waals surface area contributed by atoms with Crippen molar-refractivity contribution in [1.82, 2.24) is 0 Å². The fraction of sp³-hybridized carbons (Fsp3) is 0.500. The molecule has 0 heterocycles. The van der Waals surface area contributed by atoms with Crippen LogP contribution in [-0.4, -0.2) is 36.0 Å². The van der Waals surface area contributed by atoms with Crippen LogP contribution in [0.4, 0.5) is 0 Å². The van der Waals surface area contributed by atoms with E-state index in [4.69, 9.17) is 0 Å². The van der Waals surface area contributed by atoms with Gasteiger partial charge in [-0.15, -0.1) is 26.3 Å². The molecule has 0 fully saturated rings. The van der Waals surface area contributed by atoms with Crippen molar-refractivity contribution in [1.29, 1.82) is 0 Å². The molecule has 0 amide bonds. The maximum atomic E-state index is 3.90. The first-order valence-electron chi connectivity index (χ1n) is 6.54. The molecule has 0 saturated carbocycles. The fourth-order valence-electron chi connectivity index (χ4n) is 2.09. The maximum Gasteiger partial charge on any atom is -0.0142 e. The van der Waals surface area contributed by atoms with Crippen molar-refractivity contribution in [3.63, 3.8) is 0 Å². The predicted molar refractivity (Wildman–Crippen MR) is 93.0 cm³/mol. The van der Waals surface area contributed by atoms with Crippen molar-refractivity contribution in [3.05, 3.63) is 50.6 Å². The van der Waals surface area contributed by atoms with Crippen LogP contribution in [0.1, 0.15) is 13.8 Å². The van der Waals surface area contributed by atoms with Gasteiger partial charge in [0.2, 0.25) is 0 Å². The van der Waals surface area contributed by atoms with Gasteiger partial charge >= 0.3 is 0 Å². The smallest absolute Gasteiger partial charge is 0.0142 e. The highest BCUT2D eigenvalue weighted by atomic mass is 31.1. The minimum Gasteiger partial charge on any atom is -0.103 e. The lowest BCUT2D eigenvalue weighted by atomic mass is 10.4. The van der Waals surface area contributed by atoms with E-state index in [-0.39, 0.29) is 15.8 Å². The average molecular weight is 282 g/mol. The Hall–Kier alpha value is -0.180. The van der Waals surface area contributed by atoms with E-state index in [0.717, 1.165) is 36.0 Å². The van der Waals surface area contributed by atoms with E-state index in [1.54, 1.807) is 0 Å². The van der Waals surface area contributed by atoms with E-state index in [0.29, 0.717) is 0 Å². The summed E-state index contributed by atoms with van der Waals surface area (Å²) in [7, 11) is -0.00777. The molecule has 0 saturated heterocycles. The number of hydrogen-bond donors (Lipinski definition) is 0. The van der Waals surface area contributed by atoms with Gasteiger partial charge in [-0.25, -0.2) is 0 Å². The topological polar surface area (TPSA) is 0 Å². The zero-order valence-corrected chi connectivity index (χ0v) is 13.8. The molecule has 0 aliphatic heterocycles. The molecule has 0 radical (unpaired) electrons. The van der Waals surface area contributed by atoms with Gasteiger partial charge < -0.3 is 0 Å². The van der Waals surface area contributed by atoms with Crippen LogP contribution in [-0.2, 0) is 0 Å². The molecule has 0 rings (SSSR count). The van der Waals surface area contributed by atoms with Gasteiger partial charge in [0.05, 0.1) is 0 Å². The van der Waals surface area contributed by atoms with E-state index in [9.17, 15) is 0 Å². The molecule has 2 heteroatoms. The van der Waals surface area contributed by atoms with E-state index in [2.05, 4.69) is 64.5 Å². The molecule has 0 spiro atoms. The van der Waals surface area contributed by atoms with Gasteiger partial charge in [-0.3, -0.25) is 0 Å². The van der Waals surface area contributed by atoms with Gasteiger partial charge in [0.1, 0.15) is 0 Å². The number of hydrogen-bond acceptors (Lipinski definition) is 0. The summed E-state index contributed by atoms with van der Waals surface area (Å²) in [5, 5.41) is 0. The Kier molecular flexibility index (Phi) is 10.6. The molecule has 2 unspecified atom stereocenters. The monoisotopic (exact) mass is 282 g/mol. The van der Waals surface area contributed by atoms with Crippen LogP contribution < -0.4 is 0 Å². The summed E-state index contributed by atoms with van der Waals surface area (Å²) in [6.45, 7) is 20.4. The second-order valence-corrected chi connectivity index (χ2v) is 9.99. The summed E-state index contributed by atoms with van der Waals surface area (Å²) in [5.74, 6) is 0. The lowest BCUT2D eigenvalue weighted by Gasteiger charge is -2.33. The Morgan fingerprint density at radius 3 is 1.06 bits per heavy atom. The second-order valence-electron chi connectivity index (χ2n) is 4.54. The van der Waals surface area contributed by atoms with Gasteiger partial charge in [0.25, 0.3) is 0 Å². The summed E-state index contributed by atoms with van der Waals surface area (Å²) in [5.41, 5.74) is 1.53. The molecule has 0 N–H and O–H groups in total. The quantitative estimate of drug-likeness (QED) is 0.348. The summed E-state index contributed by atoms with van der Waals surface area (Å²) < 4.78 is 0. The van der Waals surface area contributed by atoms with Crippen LogP contribution in [0.25, 0.3) is 0 Å². The lowest BCUT2D eigenvalue weighted by Crippen LogP contribution is -2.20. The van der Waals surface area contributed by atoms with Crippen molar-refractivity contribution in [2.45, 2.75) is 25.2 Å². The van der Waals surface area contributed by atoms with Crippen LogP contribution in [0.3, 0.4) is 0 Å². The normalized spacial score (nSPS) is 14.2. The van der Waals surface area contributed by atoms with E-state index in [1.165, 1.54) is 0 Å².